The fraction of sp³-hybridized carbons (Fsp3) is 0.692. The van der Waals surface area contributed by atoms with Crippen molar-refractivity contribution in [3.63, 3.8) is 0 Å². The molecule has 0 aromatic carbocycles. The van der Waals surface area contributed by atoms with E-state index in [1.807, 2.05) is 0 Å². The Morgan fingerprint density at radius 3 is 2.70 bits per heavy atom. The van der Waals surface area contributed by atoms with Gasteiger partial charge in [0.25, 0.3) is 0 Å². The van der Waals surface area contributed by atoms with Crippen LogP contribution in [0.5, 0.6) is 5.75 Å². The van der Waals surface area contributed by atoms with Gasteiger partial charge in [-0.05, 0) is 45.3 Å². The Morgan fingerprint density at radius 2 is 2.05 bits per heavy atom. The van der Waals surface area contributed by atoms with E-state index in [0.29, 0.717) is 17.4 Å². The van der Waals surface area contributed by atoms with Gasteiger partial charge >= 0.3 is 0 Å². The first kappa shape index (κ1) is 14.8. The zero-order valence-corrected chi connectivity index (χ0v) is 12.2. The summed E-state index contributed by atoms with van der Waals surface area (Å²) in [6.07, 6.45) is 5.16. The quantitative estimate of drug-likeness (QED) is 0.527. The van der Waals surface area contributed by atoms with Crippen molar-refractivity contribution in [3.8, 4) is 5.75 Å². The van der Waals surface area contributed by atoms with E-state index in [1.165, 1.54) is 32.3 Å². The Balaban J connectivity index is 1.85. The van der Waals surface area contributed by atoms with Crippen molar-refractivity contribution in [2.75, 3.05) is 44.5 Å². The SMILES string of the molecule is COc1c(NN)ncnc1NCCC1CCN(C)CC1. The number of likely N-dealkylation sites (tertiary alicyclic amines) is 1. The minimum absolute atomic E-state index is 0.490. The number of ether oxygens (including phenoxy) is 1. The lowest BCUT2D eigenvalue weighted by molar-refractivity contribution is 0.215. The zero-order chi connectivity index (χ0) is 14.4. The van der Waals surface area contributed by atoms with Crippen LogP contribution in [0.25, 0.3) is 0 Å². The first-order valence-corrected chi connectivity index (χ1v) is 7.02. The van der Waals surface area contributed by atoms with Gasteiger partial charge in [-0.2, -0.15) is 0 Å². The van der Waals surface area contributed by atoms with Crippen molar-refractivity contribution < 1.29 is 4.74 Å². The molecular formula is C13H24N6O. The van der Waals surface area contributed by atoms with E-state index in [2.05, 4.69) is 32.7 Å². The molecule has 1 aromatic rings. The number of nitrogens with zero attached hydrogens (tertiary/aromatic N) is 3. The molecule has 0 radical (unpaired) electrons. The Hall–Kier alpha value is -1.60. The van der Waals surface area contributed by atoms with Gasteiger partial charge < -0.3 is 20.4 Å². The van der Waals surface area contributed by atoms with Crippen LogP contribution < -0.4 is 21.3 Å². The number of aromatic nitrogens is 2. The second-order valence-corrected chi connectivity index (χ2v) is 5.21. The molecule has 0 saturated carbocycles. The molecule has 2 rings (SSSR count). The third-order valence-electron chi connectivity index (χ3n) is 3.83. The van der Waals surface area contributed by atoms with E-state index in [4.69, 9.17) is 10.6 Å². The number of nitrogens with one attached hydrogen (secondary N) is 2. The van der Waals surface area contributed by atoms with Crippen LogP contribution in [-0.2, 0) is 0 Å². The molecule has 0 aliphatic carbocycles. The number of piperidine rings is 1. The van der Waals surface area contributed by atoms with Crippen LogP contribution in [-0.4, -0.2) is 48.7 Å². The lowest BCUT2D eigenvalue weighted by Crippen LogP contribution is -2.30. The number of methoxy groups -OCH3 is 1. The first-order valence-electron chi connectivity index (χ1n) is 7.02. The highest BCUT2D eigenvalue weighted by Crippen LogP contribution is 2.28. The fourth-order valence-corrected chi connectivity index (χ4v) is 2.54. The molecule has 4 N–H and O–H groups in total. The molecule has 20 heavy (non-hydrogen) atoms. The summed E-state index contributed by atoms with van der Waals surface area (Å²) in [6.45, 7) is 3.28. The molecule has 112 valence electrons. The maximum atomic E-state index is 5.40. The highest BCUT2D eigenvalue weighted by Gasteiger charge is 2.17. The summed E-state index contributed by atoms with van der Waals surface area (Å²) in [5.41, 5.74) is 2.51. The van der Waals surface area contributed by atoms with Crippen LogP contribution >= 0.6 is 0 Å². The Morgan fingerprint density at radius 1 is 1.35 bits per heavy atom. The van der Waals surface area contributed by atoms with E-state index >= 15 is 0 Å². The molecule has 1 fully saturated rings. The molecule has 1 aromatic heterocycles. The lowest BCUT2D eigenvalue weighted by Gasteiger charge is -2.29. The van der Waals surface area contributed by atoms with Crippen LogP contribution in [0.2, 0.25) is 0 Å². The van der Waals surface area contributed by atoms with Crippen molar-refractivity contribution >= 4 is 11.6 Å². The minimum Gasteiger partial charge on any atom is -0.490 e. The topological polar surface area (TPSA) is 88.3 Å². The molecule has 1 aliphatic rings. The second kappa shape index (κ2) is 7.25. The van der Waals surface area contributed by atoms with Gasteiger partial charge in [0.2, 0.25) is 5.75 Å². The van der Waals surface area contributed by atoms with Crippen molar-refractivity contribution in [2.24, 2.45) is 11.8 Å². The van der Waals surface area contributed by atoms with E-state index in [0.717, 1.165) is 18.9 Å². The van der Waals surface area contributed by atoms with Gasteiger partial charge in [-0.3, -0.25) is 0 Å². The van der Waals surface area contributed by atoms with Crippen LogP contribution in [0, 0.1) is 5.92 Å². The van der Waals surface area contributed by atoms with Gasteiger partial charge in [0.05, 0.1) is 7.11 Å². The monoisotopic (exact) mass is 280 g/mol. The van der Waals surface area contributed by atoms with Crippen molar-refractivity contribution in [3.05, 3.63) is 6.33 Å². The molecule has 0 atom stereocenters. The standard InChI is InChI=1S/C13H24N6O/c1-19-7-4-10(5-8-19)3-6-15-12-11(20-2)13(18-14)17-9-16-12/h9-10H,3-8,14H2,1-2H3,(H2,15,16,17,18). The van der Waals surface area contributed by atoms with Gasteiger partial charge in [-0.25, -0.2) is 15.8 Å². The number of nitrogen functional groups attached to an aromatic ring is 1. The first-order chi connectivity index (χ1) is 9.74. The van der Waals surface area contributed by atoms with Gasteiger partial charge in [0, 0.05) is 6.54 Å². The van der Waals surface area contributed by atoms with Gasteiger partial charge in [-0.15, -0.1) is 0 Å². The third-order valence-corrected chi connectivity index (χ3v) is 3.83. The number of rotatable bonds is 6. The van der Waals surface area contributed by atoms with Crippen molar-refractivity contribution in [1.82, 2.24) is 14.9 Å². The van der Waals surface area contributed by atoms with E-state index in [1.54, 1.807) is 7.11 Å². The maximum Gasteiger partial charge on any atom is 0.205 e. The van der Waals surface area contributed by atoms with Crippen LogP contribution in [0.15, 0.2) is 6.33 Å². The molecule has 0 unspecified atom stereocenters. The average Bonchev–Trinajstić information content (AvgIpc) is 2.49. The molecule has 0 amide bonds. The molecular weight excluding hydrogens is 256 g/mol. The molecule has 7 heteroatoms. The lowest BCUT2D eigenvalue weighted by atomic mass is 9.94. The molecule has 0 spiro atoms. The van der Waals surface area contributed by atoms with Crippen molar-refractivity contribution in [1.29, 1.82) is 0 Å². The third kappa shape index (κ3) is 3.71. The van der Waals surface area contributed by atoms with Crippen molar-refractivity contribution in [2.45, 2.75) is 19.3 Å². The normalized spacial score (nSPS) is 16.9. The molecule has 2 heterocycles. The Bertz CT molecular complexity index is 419. The molecule has 7 nitrogen and oxygen atoms in total. The maximum absolute atomic E-state index is 5.40. The summed E-state index contributed by atoms with van der Waals surface area (Å²) in [5, 5.41) is 3.31. The summed E-state index contributed by atoms with van der Waals surface area (Å²) in [5.74, 6) is 7.92. The number of hydrazine groups is 1. The van der Waals surface area contributed by atoms with Crippen LogP contribution in [0.3, 0.4) is 0 Å². The highest BCUT2D eigenvalue weighted by atomic mass is 16.5. The number of hydrogen-bond donors (Lipinski definition) is 3. The smallest absolute Gasteiger partial charge is 0.205 e. The van der Waals surface area contributed by atoms with E-state index < -0.39 is 0 Å². The van der Waals surface area contributed by atoms with Gasteiger partial charge in [0.15, 0.2) is 11.6 Å². The van der Waals surface area contributed by atoms with Crippen LogP contribution in [0.4, 0.5) is 11.6 Å². The number of hydrogen-bond acceptors (Lipinski definition) is 7. The Labute approximate surface area is 119 Å². The predicted molar refractivity (Wildman–Crippen MR) is 79.7 cm³/mol. The molecule has 1 saturated heterocycles. The van der Waals surface area contributed by atoms with Gasteiger partial charge in [0.1, 0.15) is 6.33 Å². The van der Waals surface area contributed by atoms with Gasteiger partial charge in [-0.1, -0.05) is 0 Å². The predicted octanol–water partition coefficient (Wildman–Crippen LogP) is 0.915. The second-order valence-electron chi connectivity index (χ2n) is 5.21. The highest BCUT2D eigenvalue weighted by molar-refractivity contribution is 5.62. The van der Waals surface area contributed by atoms with Crippen LogP contribution in [0.1, 0.15) is 19.3 Å². The number of anilines is 2. The van der Waals surface area contributed by atoms with E-state index in [9.17, 15) is 0 Å². The Kier molecular flexibility index (Phi) is 5.37. The summed E-state index contributed by atoms with van der Waals surface area (Å²) in [6, 6.07) is 0. The summed E-state index contributed by atoms with van der Waals surface area (Å²) < 4.78 is 5.29. The fourth-order valence-electron chi connectivity index (χ4n) is 2.54. The summed E-state index contributed by atoms with van der Waals surface area (Å²) in [4.78, 5) is 10.6. The zero-order valence-electron chi connectivity index (χ0n) is 12.2. The van der Waals surface area contributed by atoms with E-state index in [-0.39, 0.29) is 0 Å². The average molecular weight is 280 g/mol. The minimum atomic E-state index is 0.490. The number of nitrogens with two attached hydrogens (primary N) is 1. The largest absolute Gasteiger partial charge is 0.490 e. The molecule has 1 aliphatic heterocycles. The molecule has 0 bridgehead atoms. The summed E-state index contributed by atoms with van der Waals surface area (Å²) in [7, 11) is 3.77. The summed E-state index contributed by atoms with van der Waals surface area (Å²) >= 11 is 0.